The molecule has 2 heteroatoms. The monoisotopic (exact) mass is 414 g/mol. The number of rotatable bonds is 8. The molecule has 0 radical (unpaired) electrons. The van der Waals surface area contributed by atoms with Crippen molar-refractivity contribution in [2.24, 2.45) is 0 Å². The van der Waals surface area contributed by atoms with Gasteiger partial charge in [-0.25, -0.2) is 0 Å². The van der Waals surface area contributed by atoms with E-state index < -0.39 is 17.6 Å². The van der Waals surface area contributed by atoms with Gasteiger partial charge in [-0.2, -0.15) is 0 Å². The molecule has 3 unspecified atom stereocenters. The van der Waals surface area contributed by atoms with Gasteiger partial charge in [-0.3, -0.25) is 0 Å². The van der Waals surface area contributed by atoms with E-state index in [2.05, 4.69) is 34.3 Å². The van der Waals surface area contributed by atoms with Gasteiger partial charge in [0.1, 0.15) is 11.7 Å². The molecule has 3 aromatic rings. The summed E-state index contributed by atoms with van der Waals surface area (Å²) in [5.41, 5.74) is 3.08. The van der Waals surface area contributed by atoms with Gasteiger partial charge in [0, 0.05) is 5.92 Å². The minimum Gasteiger partial charge on any atom is -0.385 e. The second-order valence-corrected chi connectivity index (χ2v) is 8.95. The van der Waals surface area contributed by atoms with E-state index in [1.54, 1.807) is 6.08 Å². The number of hydrogen-bond donors (Lipinski definition) is 2. The van der Waals surface area contributed by atoms with E-state index in [0.717, 1.165) is 5.56 Å². The Labute approximate surface area is 186 Å². The van der Waals surface area contributed by atoms with Crippen molar-refractivity contribution in [2.75, 3.05) is 0 Å². The van der Waals surface area contributed by atoms with Crippen LogP contribution in [0.4, 0.5) is 0 Å². The quantitative estimate of drug-likeness (QED) is 0.397. The maximum absolute atomic E-state index is 12.2. The van der Waals surface area contributed by atoms with Crippen molar-refractivity contribution in [2.45, 2.75) is 57.2 Å². The Morgan fingerprint density at radius 3 is 1.58 bits per heavy atom. The topological polar surface area (TPSA) is 40.5 Å². The molecule has 3 rings (SSSR count). The van der Waals surface area contributed by atoms with Crippen molar-refractivity contribution in [3.63, 3.8) is 0 Å². The standard InChI is InChI=1S/C29H34O2/c1-6-27(24-10-8-7-9-11-24)29(31,26-18-16-23(17-19-26)21(4)5)28(30)25-14-12-22(13-15-25)20(2)3/h6-21,27-28,30-31H,1H2,2-5H3. The molecule has 0 saturated carbocycles. The van der Waals surface area contributed by atoms with Crippen LogP contribution in [0.5, 0.6) is 0 Å². The molecule has 0 spiro atoms. The molecule has 0 bridgehead atoms. The number of benzene rings is 3. The summed E-state index contributed by atoms with van der Waals surface area (Å²) in [4.78, 5) is 0. The predicted octanol–water partition coefficient (Wildman–Crippen LogP) is 6.82. The molecule has 2 N–H and O–H groups in total. The largest absolute Gasteiger partial charge is 0.385 e. The maximum atomic E-state index is 12.2. The summed E-state index contributed by atoms with van der Waals surface area (Å²) in [6, 6.07) is 25.6. The molecule has 0 aliphatic carbocycles. The molecule has 0 saturated heterocycles. The Balaban J connectivity index is 2.14. The Morgan fingerprint density at radius 1 is 0.677 bits per heavy atom. The van der Waals surface area contributed by atoms with E-state index >= 15 is 0 Å². The summed E-state index contributed by atoms with van der Waals surface area (Å²) in [5, 5.41) is 23.8. The fourth-order valence-corrected chi connectivity index (χ4v) is 4.19. The van der Waals surface area contributed by atoms with Gasteiger partial charge in [-0.15, -0.1) is 6.58 Å². The van der Waals surface area contributed by atoms with Crippen LogP contribution in [-0.2, 0) is 5.60 Å². The molecule has 31 heavy (non-hydrogen) atoms. The van der Waals surface area contributed by atoms with Crippen LogP contribution in [0.2, 0.25) is 0 Å². The zero-order valence-corrected chi connectivity index (χ0v) is 19.0. The van der Waals surface area contributed by atoms with Crippen molar-refractivity contribution in [1.82, 2.24) is 0 Å². The Bertz CT molecular complexity index is 972. The van der Waals surface area contributed by atoms with Crippen LogP contribution in [0.3, 0.4) is 0 Å². The average Bonchev–Trinajstić information content (AvgIpc) is 2.79. The van der Waals surface area contributed by atoms with Gasteiger partial charge in [-0.1, -0.05) is 113 Å². The van der Waals surface area contributed by atoms with Gasteiger partial charge in [0.15, 0.2) is 0 Å². The summed E-state index contributed by atoms with van der Waals surface area (Å²) in [5.74, 6) is 0.303. The third-order valence-corrected chi connectivity index (χ3v) is 6.24. The lowest BCUT2D eigenvalue weighted by Gasteiger charge is -2.40. The van der Waals surface area contributed by atoms with E-state index in [4.69, 9.17) is 0 Å². The smallest absolute Gasteiger partial charge is 0.130 e. The van der Waals surface area contributed by atoms with Crippen LogP contribution in [-0.4, -0.2) is 10.2 Å². The molecule has 3 aromatic carbocycles. The fourth-order valence-electron chi connectivity index (χ4n) is 4.19. The van der Waals surface area contributed by atoms with Crippen LogP contribution in [0.1, 0.15) is 79.4 Å². The van der Waals surface area contributed by atoms with Crippen molar-refractivity contribution in [1.29, 1.82) is 0 Å². The summed E-state index contributed by atoms with van der Waals surface area (Å²) < 4.78 is 0. The molecule has 0 fully saturated rings. The first kappa shape index (κ1) is 23.0. The molecule has 0 aliphatic rings. The maximum Gasteiger partial charge on any atom is 0.130 e. The van der Waals surface area contributed by atoms with Crippen LogP contribution >= 0.6 is 0 Å². The summed E-state index contributed by atoms with van der Waals surface area (Å²) in [6.45, 7) is 12.6. The average molecular weight is 415 g/mol. The van der Waals surface area contributed by atoms with Crippen LogP contribution in [0, 0.1) is 0 Å². The molecule has 2 nitrogen and oxygen atoms in total. The van der Waals surface area contributed by atoms with Crippen LogP contribution in [0.15, 0.2) is 91.5 Å². The number of aliphatic hydroxyl groups excluding tert-OH is 1. The highest BCUT2D eigenvalue weighted by atomic mass is 16.3. The third-order valence-electron chi connectivity index (χ3n) is 6.24. The zero-order chi connectivity index (χ0) is 22.6. The van der Waals surface area contributed by atoms with Gasteiger partial charge >= 0.3 is 0 Å². The number of aliphatic hydroxyl groups is 2. The van der Waals surface area contributed by atoms with Crippen LogP contribution < -0.4 is 0 Å². The molecule has 0 heterocycles. The number of hydrogen-bond acceptors (Lipinski definition) is 2. The highest BCUT2D eigenvalue weighted by Gasteiger charge is 2.45. The second kappa shape index (κ2) is 9.64. The lowest BCUT2D eigenvalue weighted by atomic mass is 9.71. The molecule has 0 aliphatic heterocycles. The third kappa shape index (κ3) is 4.66. The van der Waals surface area contributed by atoms with Gasteiger partial charge in [-0.05, 0) is 39.7 Å². The van der Waals surface area contributed by atoms with E-state index in [9.17, 15) is 10.2 Å². The zero-order valence-electron chi connectivity index (χ0n) is 19.0. The molecular formula is C29H34O2. The highest BCUT2D eigenvalue weighted by molar-refractivity contribution is 5.40. The van der Waals surface area contributed by atoms with E-state index in [0.29, 0.717) is 23.0 Å². The minimum absolute atomic E-state index is 0.389. The lowest BCUT2D eigenvalue weighted by Crippen LogP contribution is -2.39. The van der Waals surface area contributed by atoms with Crippen molar-refractivity contribution in [3.8, 4) is 0 Å². The normalized spacial score (nSPS) is 15.5. The van der Waals surface area contributed by atoms with E-state index in [1.807, 2.05) is 78.9 Å². The predicted molar refractivity (Wildman–Crippen MR) is 129 cm³/mol. The minimum atomic E-state index is -1.57. The second-order valence-electron chi connectivity index (χ2n) is 8.95. The van der Waals surface area contributed by atoms with Crippen molar-refractivity contribution < 1.29 is 10.2 Å². The first-order valence-corrected chi connectivity index (χ1v) is 11.1. The van der Waals surface area contributed by atoms with Gasteiger partial charge in [0.05, 0.1) is 0 Å². The Kier molecular flexibility index (Phi) is 7.15. The SMILES string of the molecule is C=CC(c1ccccc1)C(O)(c1ccc(C(C)C)cc1)C(O)c1ccc(C(C)C)cc1. The summed E-state index contributed by atoms with van der Waals surface area (Å²) in [6.07, 6.45) is 0.610. The van der Waals surface area contributed by atoms with E-state index in [1.165, 1.54) is 11.1 Å². The molecule has 0 amide bonds. The van der Waals surface area contributed by atoms with Crippen molar-refractivity contribution >= 4 is 0 Å². The first-order valence-electron chi connectivity index (χ1n) is 11.1. The summed E-state index contributed by atoms with van der Waals surface area (Å²) >= 11 is 0. The summed E-state index contributed by atoms with van der Waals surface area (Å²) in [7, 11) is 0. The highest BCUT2D eigenvalue weighted by Crippen LogP contribution is 2.47. The van der Waals surface area contributed by atoms with Gasteiger partial charge in [0.2, 0.25) is 0 Å². The van der Waals surface area contributed by atoms with Gasteiger partial charge < -0.3 is 10.2 Å². The first-order chi connectivity index (χ1) is 14.8. The fraction of sp³-hybridized carbons (Fsp3) is 0.310. The lowest BCUT2D eigenvalue weighted by molar-refractivity contribution is -0.0933. The molecule has 162 valence electrons. The van der Waals surface area contributed by atoms with Crippen molar-refractivity contribution in [3.05, 3.63) is 119 Å². The van der Waals surface area contributed by atoms with E-state index in [-0.39, 0.29) is 0 Å². The Morgan fingerprint density at radius 2 is 1.13 bits per heavy atom. The molecule has 3 atom stereocenters. The van der Waals surface area contributed by atoms with Gasteiger partial charge in [0.25, 0.3) is 0 Å². The van der Waals surface area contributed by atoms with Crippen LogP contribution in [0.25, 0.3) is 0 Å². The molecule has 0 aromatic heterocycles. The Hall–Kier alpha value is -2.68. The molecular weight excluding hydrogens is 380 g/mol.